The van der Waals surface area contributed by atoms with Gasteiger partial charge in [0, 0.05) is 6.07 Å². The van der Waals surface area contributed by atoms with Crippen molar-refractivity contribution < 1.29 is 22.7 Å². The van der Waals surface area contributed by atoms with E-state index in [1.54, 1.807) is 24.3 Å². The number of carbonyl (C=O) groups excluding carboxylic acids is 1. The van der Waals surface area contributed by atoms with E-state index in [1.807, 2.05) is 0 Å². The second-order valence-electron chi connectivity index (χ2n) is 5.41. The predicted octanol–water partition coefficient (Wildman–Crippen LogP) is 4.05. The second-order valence-corrected chi connectivity index (χ2v) is 5.82. The van der Waals surface area contributed by atoms with E-state index in [0.717, 1.165) is 6.07 Å². The molecule has 1 aromatic heterocycles. The molecule has 1 N–H and O–H groups in total. The first-order chi connectivity index (χ1) is 11.8. The fourth-order valence-corrected chi connectivity index (χ4v) is 2.43. The number of urea groups is 1. The van der Waals surface area contributed by atoms with Crippen LogP contribution in [-0.4, -0.2) is 35.1 Å². The molecule has 0 saturated carbocycles. The molecule has 2 amide bonds. The zero-order valence-corrected chi connectivity index (χ0v) is 13.5. The van der Waals surface area contributed by atoms with Gasteiger partial charge in [0.25, 0.3) is 0 Å². The second kappa shape index (κ2) is 6.79. The normalized spacial score (nSPS) is 14.8. The molecule has 132 valence electrons. The van der Waals surface area contributed by atoms with E-state index in [2.05, 4.69) is 10.3 Å². The van der Waals surface area contributed by atoms with Crippen LogP contribution >= 0.6 is 11.6 Å². The van der Waals surface area contributed by atoms with Crippen LogP contribution in [0.15, 0.2) is 42.5 Å². The van der Waals surface area contributed by atoms with Gasteiger partial charge in [0.1, 0.15) is 11.8 Å². The highest BCUT2D eigenvalue weighted by atomic mass is 35.5. The molecular weight excluding hydrogens is 359 g/mol. The maximum Gasteiger partial charge on any atom is 0.433 e. The summed E-state index contributed by atoms with van der Waals surface area (Å²) in [5.74, 6) is -0.119. The Morgan fingerprint density at radius 1 is 1.20 bits per heavy atom. The number of pyridine rings is 1. The van der Waals surface area contributed by atoms with Crippen molar-refractivity contribution in [3.63, 3.8) is 0 Å². The lowest BCUT2D eigenvalue weighted by molar-refractivity contribution is -0.141. The lowest BCUT2D eigenvalue weighted by Crippen LogP contribution is -2.57. The van der Waals surface area contributed by atoms with Gasteiger partial charge in [0.15, 0.2) is 0 Å². The summed E-state index contributed by atoms with van der Waals surface area (Å²) in [6.07, 6.45) is -4.94. The molecule has 0 unspecified atom stereocenters. The molecule has 0 bridgehead atoms. The van der Waals surface area contributed by atoms with Gasteiger partial charge in [-0.05, 0) is 18.2 Å². The Morgan fingerprint density at radius 3 is 2.60 bits per heavy atom. The molecule has 1 fully saturated rings. The van der Waals surface area contributed by atoms with Crippen LogP contribution in [0.1, 0.15) is 5.69 Å². The van der Waals surface area contributed by atoms with E-state index in [9.17, 15) is 18.0 Å². The highest BCUT2D eigenvalue weighted by Crippen LogP contribution is 2.29. The summed E-state index contributed by atoms with van der Waals surface area (Å²) in [7, 11) is 0. The van der Waals surface area contributed by atoms with E-state index in [-0.39, 0.29) is 25.0 Å². The Bertz CT molecular complexity index is 779. The average molecular weight is 372 g/mol. The number of alkyl halides is 3. The molecule has 25 heavy (non-hydrogen) atoms. The fraction of sp³-hybridized carbons (Fsp3) is 0.250. The quantitative estimate of drug-likeness (QED) is 0.885. The molecule has 2 heterocycles. The van der Waals surface area contributed by atoms with Gasteiger partial charge < -0.3 is 15.0 Å². The van der Waals surface area contributed by atoms with E-state index < -0.39 is 18.0 Å². The fourth-order valence-electron chi connectivity index (χ4n) is 2.24. The van der Waals surface area contributed by atoms with Crippen molar-refractivity contribution in [1.82, 2.24) is 9.88 Å². The van der Waals surface area contributed by atoms with Gasteiger partial charge in [-0.15, -0.1) is 0 Å². The molecule has 1 saturated heterocycles. The van der Waals surface area contributed by atoms with Crippen molar-refractivity contribution in [3.8, 4) is 5.88 Å². The van der Waals surface area contributed by atoms with Crippen LogP contribution in [0.3, 0.4) is 0 Å². The summed E-state index contributed by atoms with van der Waals surface area (Å²) in [4.78, 5) is 17.0. The Balaban J connectivity index is 1.53. The number of nitrogens with zero attached hydrogens (tertiary/aromatic N) is 2. The summed E-state index contributed by atoms with van der Waals surface area (Å²) < 4.78 is 43.2. The number of benzene rings is 1. The van der Waals surface area contributed by atoms with Crippen molar-refractivity contribution in [3.05, 3.63) is 53.2 Å². The van der Waals surface area contributed by atoms with Gasteiger partial charge >= 0.3 is 12.2 Å². The third-order valence-electron chi connectivity index (χ3n) is 3.55. The largest absolute Gasteiger partial charge is 0.471 e. The first-order valence-corrected chi connectivity index (χ1v) is 7.72. The Labute approximate surface area is 146 Å². The predicted molar refractivity (Wildman–Crippen MR) is 85.7 cm³/mol. The molecule has 3 rings (SSSR count). The number of ether oxygens (including phenoxy) is 1. The minimum atomic E-state index is -4.53. The van der Waals surface area contributed by atoms with Crippen LogP contribution in [0, 0.1) is 0 Å². The zero-order chi connectivity index (χ0) is 18.0. The number of halogens is 4. The van der Waals surface area contributed by atoms with Crippen molar-refractivity contribution >= 4 is 23.3 Å². The van der Waals surface area contributed by atoms with Crippen LogP contribution in [0.4, 0.5) is 23.7 Å². The summed E-state index contributed by atoms with van der Waals surface area (Å²) in [5.41, 5.74) is -0.532. The van der Waals surface area contributed by atoms with Crippen LogP contribution in [0.2, 0.25) is 5.02 Å². The maximum atomic E-state index is 12.6. The number of para-hydroxylation sites is 1. The van der Waals surface area contributed by atoms with Crippen LogP contribution < -0.4 is 10.1 Å². The Hall–Kier alpha value is -2.48. The van der Waals surface area contributed by atoms with Crippen molar-refractivity contribution in [2.75, 3.05) is 18.4 Å². The Morgan fingerprint density at radius 2 is 1.92 bits per heavy atom. The highest BCUT2D eigenvalue weighted by Gasteiger charge is 2.35. The van der Waals surface area contributed by atoms with Gasteiger partial charge in [-0.1, -0.05) is 29.8 Å². The number of anilines is 1. The van der Waals surface area contributed by atoms with Gasteiger partial charge in [0.05, 0.1) is 23.8 Å². The molecule has 1 aliphatic rings. The van der Waals surface area contributed by atoms with Gasteiger partial charge in [0.2, 0.25) is 5.88 Å². The topological polar surface area (TPSA) is 54.5 Å². The standard InChI is InChI=1S/C16H13ClF3N3O2/c17-11-4-1-2-5-12(11)21-15(24)23-8-10(9-23)25-14-7-3-6-13(22-14)16(18,19)20/h1-7,10H,8-9H2,(H,21,24). The molecule has 5 nitrogen and oxygen atoms in total. The smallest absolute Gasteiger partial charge is 0.433 e. The third kappa shape index (κ3) is 4.14. The first-order valence-electron chi connectivity index (χ1n) is 7.34. The van der Waals surface area contributed by atoms with E-state index in [1.165, 1.54) is 17.0 Å². The molecule has 0 radical (unpaired) electrons. The maximum absolute atomic E-state index is 12.6. The lowest BCUT2D eigenvalue weighted by Gasteiger charge is -2.38. The monoisotopic (exact) mass is 371 g/mol. The number of amides is 2. The molecule has 1 aromatic carbocycles. The van der Waals surface area contributed by atoms with Crippen molar-refractivity contribution in [2.45, 2.75) is 12.3 Å². The van der Waals surface area contributed by atoms with E-state index in [4.69, 9.17) is 16.3 Å². The molecule has 0 spiro atoms. The number of aromatic nitrogens is 1. The van der Waals surface area contributed by atoms with Crippen LogP contribution in [0.25, 0.3) is 0 Å². The van der Waals surface area contributed by atoms with E-state index in [0.29, 0.717) is 10.7 Å². The molecule has 9 heteroatoms. The minimum Gasteiger partial charge on any atom is -0.471 e. The average Bonchev–Trinajstić information content (AvgIpc) is 2.52. The van der Waals surface area contributed by atoms with E-state index >= 15 is 0 Å². The summed E-state index contributed by atoms with van der Waals surface area (Å²) >= 11 is 5.96. The van der Waals surface area contributed by atoms with Crippen molar-refractivity contribution in [2.24, 2.45) is 0 Å². The number of carbonyl (C=O) groups is 1. The number of hydrogen-bond acceptors (Lipinski definition) is 3. The number of nitrogens with one attached hydrogen (secondary N) is 1. The van der Waals surface area contributed by atoms with Crippen LogP contribution in [-0.2, 0) is 6.18 Å². The summed E-state index contributed by atoms with van der Waals surface area (Å²) in [5, 5.41) is 3.07. The van der Waals surface area contributed by atoms with Crippen molar-refractivity contribution in [1.29, 1.82) is 0 Å². The highest BCUT2D eigenvalue weighted by molar-refractivity contribution is 6.33. The first kappa shape index (κ1) is 17.3. The zero-order valence-electron chi connectivity index (χ0n) is 12.8. The lowest BCUT2D eigenvalue weighted by atomic mass is 10.2. The third-order valence-corrected chi connectivity index (χ3v) is 3.88. The Kier molecular flexibility index (Phi) is 4.71. The molecule has 1 aliphatic heterocycles. The molecule has 0 aliphatic carbocycles. The summed E-state index contributed by atoms with van der Waals surface area (Å²) in [6.45, 7) is 0.489. The van der Waals surface area contributed by atoms with Gasteiger partial charge in [-0.3, -0.25) is 0 Å². The minimum absolute atomic E-state index is 0.119. The van der Waals surface area contributed by atoms with Gasteiger partial charge in [-0.25, -0.2) is 9.78 Å². The summed E-state index contributed by atoms with van der Waals surface area (Å²) in [6, 6.07) is 9.89. The number of likely N-dealkylation sites (tertiary alicyclic amines) is 1. The number of rotatable bonds is 3. The SMILES string of the molecule is O=C(Nc1ccccc1Cl)N1CC(Oc2cccc(C(F)(F)F)n2)C1. The number of hydrogen-bond donors (Lipinski definition) is 1. The van der Waals surface area contributed by atoms with Crippen LogP contribution in [0.5, 0.6) is 5.88 Å². The molecule has 2 aromatic rings. The molecular formula is C16H13ClF3N3O2. The molecule has 0 atom stereocenters. The van der Waals surface area contributed by atoms with Gasteiger partial charge in [-0.2, -0.15) is 13.2 Å².